The summed E-state index contributed by atoms with van der Waals surface area (Å²) < 4.78 is 1.08. The Morgan fingerprint density at radius 3 is 2.79 bits per heavy atom. The highest BCUT2D eigenvalue weighted by molar-refractivity contribution is 9.11. The third kappa shape index (κ3) is 1.45. The van der Waals surface area contributed by atoms with Gasteiger partial charge in [0.2, 0.25) is 0 Å². The summed E-state index contributed by atoms with van der Waals surface area (Å²) in [7, 11) is 0. The van der Waals surface area contributed by atoms with Gasteiger partial charge < -0.3 is 0 Å². The molecule has 0 radical (unpaired) electrons. The van der Waals surface area contributed by atoms with Crippen molar-refractivity contribution >= 4 is 27.3 Å². The van der Waals surface area contributed by atoms with Gasteiger partial charge >= 0.3 is 0 Å². The molecular formula is C11H14BrNS. The predicted octanol–water partition coefficient (Wildman–Crippen LogP) is 3.95. The van der Waals surface area contributed by atoms with Crippen molar-refractivity contribution < 1.29 is 0 Å². The van der Waals surface area contributed by atoms with Gasteiger partial charge in [-0.3, -0.25) is 0 Å². The number of hydrogen-bond donors (Lipinski definition) is 0. The summed E-state index contributed by atoms with van der Waals surface area (Å²) >= 11 is 5.35. The van der Waals surface area contributed by atoms with Crippen LogP contribution in [-0.4, -0.2) is 4.98 Å². The molecule has 1 heterocycles. The number of nitrogens with zero attached hydrogens (tertiary/aromatic N) is 1. The van der Waals surface area contributed by atoms with Crippen LogP contribution in [0.2, 0.25) is 0 Å². The molecule has 1 saturated carbocycles. The van der Waals surface area contributed by atoms with Crippen LogP contribution in [-0.2, 0) is 12.8 Å². The Labute approximate surface area is 97.1 Å². The van der Waals surface area contributed by atoms with Gasteiger partial charge in [0.25, 0.3) is 0 Å². The molecule has 1 nitrogen and oxygen atoms in total. The Kier molecular flexibility index (Phi) is 2.21. The molecule has 14 heavy (non-hydrogen) atoms. The highest BCUT2D eigenvalue weighted by atomic mass is 79.9. The molecule has 0 saturated heterocycles. The molecule has 3 rings (SSSR count). The van der Waals surface area contributed by atoms with E-state index >= 15 is 0 Å². The first-order chi connectivity index (χ1) is 6.77. The fourth-order valence-corrected chi connectivity index (χ4v) is 4.85. The fourth-order valence-electron chi connectivity index (χ4n) is 3.05. The van der Waals surface area contributed by atoms with Crippen LogP contribution in [0.3, 0.4) is 0 Å². The van der Waals surface area contributed by atoms with E-state index in [0.29, 0.717) is 5.41 Å². The van der Waals surface area contributed by atoms with Crippen molar-refractivity contribution in [3.05, 3.63) is 14.5 Å². The van der Waals surface area contributed by atoms with E-state index in [1.54, 1.807) is 4.88 Å². The van der Waals surface area contributed by atoms with Crippen molar-refractivity contribution in [2.45, 2.75) is 44.9 Å². The van der Waals surface area contributed by atoms with E-state index in [-0.39, 0.29) is 0 Å². The number of fused-ring (bicyclic) bond motifs is 1. The van der Waals surface area contributed by atoms with Crippen LogP contribution in [0.15, 0.2) is 3.92 Å². The van der Waals surface area contributed by atoms with Crippen LogP contribution in [0.5, 0.6) is 0 Å². The van der Waals surface area contributed by atoms with Crippen LogP contribution >= 0.6 is 27.3 Å². The summed E-state index contributed by atoms with van der Waals surface area (Å²) in [6.07, 6.45) is 9.74. The maximum Gasteiger partial charge on any atom is 0.159 e. The van der Waals surface area contributed by atoms with E-state index in [0.717, 1.165) is 3.92 Å². The molecule has 2 aliphatic carbocycles. The van der Waals surface area contributed by atoms with Gasteiger partial charge in [0.05, 0.1) is 5.69 Å². The maximum absolute atomic E-state index is 4.54. The number of hydrogen-bond acceptors (Lipinski definition) is 2. The third-order valence-corrected chi connectivity index (χ3v) is 5.39. The number of halogens is 1. The van der Waals surface area contributed by atoms with Gasteiger partial charge in [-0.2, -0.15) is 0 Å². The van der Waals surface area contributed by atoms with Gasteiger partial charge in [-0.05, 0) is 53.4 Å². The first kappa shape index (κ1) is 9.34. The van der Waals surface area contributed by atoms with E-state index in [2.05, 4.69) is 20.9 Å². The minimum atomic E-state index is 0.680. The molecule has 0 unspecified atom stereocenters. The second kappa shape index (κ2) is 3.31. The summed E-state index contributed by atoms with van der Waals surface area (Å²) in [5, 5.41) is 0. The maximum atomic E-state index is 4.54. The molecule has 0 aliphatic heterocycles. The summed E-state index contributed by atoms with van der Waals surface area (Å²) in [5.74, 6) is 0. The molecule has 0 bridgehead atoms. The van der Waals surface area contributed by atoms with E-state index in [4.69, 9.17) is 0 Å². The van der Waals surface area contributed by atoms with E-state index < -0.39 is 0 Å². The first-order valence-corrected chi connectivity index (χ1v) is 7.03. The van der Waals surface area contributed by atoms with Gasteiger partial charge in [-0.1, -0.05) is 12.8 Å². The topological polar surface area (TPSA) is 12.9 Å². The Bertz CT molecular complexity index is 352. The van der Waals surface area contributed by atoms with Crippen molar-refractivity contribution in [1.82, 2.24) is 4.98 Å². The number of thiazole rings is 1. The number of aromatic nitrogens is 1. The molecule has 1 spiro atoms. The summed E-state index contributed by atoms with van der Waals surface area (Å²) in [5.41, 5.74) is 2.05. The lowest BCUT2D eigenvalue weighted by molar-refractivity contribution is 0.256. The molecule has 1 aromatic rings. The molecule has 3 heteroatoms. The van der Waals surface area contributed by atoms with Gasteiger partial charge in [0.1, 0.15) is 0 Å². The highest BCUT2D eigenvalue weighted by Gasteiger charge is 2.38. The average molecular weight is 272 g/mol. The quantitative estimate of drug-likeness (QED) is 0.696. The predicted molar refractivity (Wildman–Crippen MR) is 62.7 cm³/mol. The molecular weight excluding hydrogens is 258 g/mol. The molecule has 1 fully saturated rings. The molecule has 0 N–H and O–H groups in total. The lowest BCUT2D eigenvalue weighted by Gasteiger charge is -2.32. The second-order valence-electron chi connectivity index (χ2n) is 4.72. The van der Waals surface area contributed by atoms with Crippen molar-refractivity contribution in [3.63, 3.8) is 0 Å². The Balaban J connectivity index is 1.92. The van der Waals surface area contributed by atoms with Crippen LogP contribution < -0.4 is 0 Å². The molecule has 0 amide bonds. The monoisotopic (exact) mass is 271 g/mol. The van der Waals surface area contributed by atoms with Crippen molar-refractivity contribution in [3.8, 4) is 0 Å². The lowest BCUT2D eigenvalue weighted by Crippen LogP contribution is -2.24. The summed E-state index contributed by atoms with van der Waals surface area (Å²) in [6, 6.07) is 0. The molecule has 0 aromatic carbocycles. The van der Waals surface area contributed by atoms with Gasteiger partial charge in [0.15, 0.2) is 3.92 Å². The summed E-state index contributed by atoms with van der Waals surface area (Å²) in [4.78, 5) is 6.10. The van der Waals surface area contributed by atoms with Gasteiger partial charge in [-0.25, -0.2) is 4.98 Å². The van der Waals surface area contributed by atoms with Gasteiger partial charge in [-0.15, -0.1) is 11.3 Å². The zero-order valence-electron chi connectivity index (χ0n) is 8.18. The largest absolute Gasteiger partial charge is 0.234 e. The Morgan fingerprint density at radius 1 is 1.21 bits per heavy atom. The summed E-state index contributed by atoms with van der Waals surface area (Å²) in [6.45, 7) is 0. The lowest BCUT2D eigenvalue weighted by atomic mass is 9.74. The first-order valence-electron chi connectivity index (χ1n) is 5.42. The second-order valence-corrected chi connectivity index (χ2v) is 7.08. The molecule has 76 valence electrons. The normalized spacial score (nSPS) is 24.1. The Morgan fingerprint density at radius 2 is 2.00 bits per heavy atom. The molecule has 1 aromatic heterocycles. The third-order valence-electron chi connectivity index (χ3n) is 3.84. The van der Waals surface area contributed by atoms with Crippen LogP contribution in [0.1, 0.15) is 42.7 Å². The zero-order chi connectivity index (χ0) is 9.60. The molecule has 2 aliphatic rings. The van der Waals surface area contributed by atoms with Crippen LogP contribution in [0.25, 0.3) is 0 Å². The van der Waals surface area contributed by atoms with Gasteiger partial charge in [0, 0.05) is 4.88 Å². The smallest absolute Gasteiger partial charge is 0.159 e. The van der Waals surface area contributed by atoms with E-state index in [9.17, 15) is 0 Å². The fraction of sp³-hybridized carbons (Fsp3) is 0.727. The SMILES string of the molecule is Brc1nc2c(s1)CC1(CCCC1)CC2. The minimum absolute atomic E-state index is 0.680. The highest BCUT2D eigenvalue weighted by Crippen LogP contribution is 2.49. The van der Waals surface area contributed by atoms with E-state index in [1.807, 2.05) is 11.3 Å². The van der Waals surface area contributed by atoms with Crippen molar-refractivity contribution in [2.24, 2.45) is 5.41 Å². The minimum Gasteiger partial charge on any atom is -0.234 e. The standard InChI is InChI=1S/C11H14BrNS/c12-10-13-8-3-6-11(4-1-2-5-11)7-9(8)14-10/h1-7H2. The Hall–Kier alpha value is 0.110. The van der Waals surface area contributed by atoms with Crippen LogP contribution in [0, 0.1) is 5.41 Å². The van der Waals surface area contributed by atoms with Crippen molar-refractivity contribution in [2.75, 3.05) is 0 Å². The zero-order valence-corrected chi connectivity index (χ0v) is 10.6. The van der Waals surface area contributed by atoms with Crippen molar-refractivity contribution in [1.29, 1.82) is 0 Å². The molecule has 0 atom stereocenters. The number of aryl methyl sites for hydroxylation is 1. The number of rotatable bonds is 0. The van der Waals surface area contributed by atoms with E-state index in [1.165, 1.54) is 50.6 Å². The van der Waals surface area contributed by atoms with Crippen LogP contribution in [0.4, 0.5) is 0 Å². The average Bonchev–Trinajstić information content (AvgIpc) is 2.72.